The number of nitrogens with zero attached hydrogens (tertiary/aromatic N) is 2. The highest BCUT2D eigenvalue weighted by molar-refractivity contribution is 7.10. The van der Waals surface area contributed by atoms with Gasteiger partial charge in [-0.25, -0.2) is 0 Å². The van der Waals surface area contributed by atoms with E-state index >= 15 is 0 Å². The second-order valence-corrected chi connectivity index (χ2v) is 11.2. The van der Waals surface area contributed by atoms with E-state index in [-0.39, 0.29) is 30.4 Å². The molecular formula is C30H34N2O3S. The van der Waals surface area contributed by atoms with E-state index in [4.69, 9.17) is 4.74 Å². The van der Waals surface area contributed by atoms with Crippen molar-refractivity contribution in [3.05, 3.63) is 87.1 Å². The van der Waals surface area contributed by atoms with Gasteiger partial charge in [0.05, 0.1) is 6.04 Å². The SMILES string of the molecule is Cc1ccccc1C(=O)N(CC(=O)N1CCc2sccc2[C@H]1COc1ccc(C(C)C)cc1)C1CC1. The van der Waals surface area contributed by atoms with E-state index in [1.165, 1.54) is 16.0 Å². The third-order valence-electron chi connectivity index (χ3n) is 7.30. The molecule has 5 rings (SSSR count). The lowest BCUT2D eigenvalue weighted by Crippen LogP contribution is -2.48. The van der Waals surface area contributed by atoms with Crippen LogP contribution in [0.25, 0.3) is 0 Å². The number of hydrogen-bond acceptors (Lipinski definition) is 4. The Morgan fingerprint density at radius 3 is 2.53 bits per heavy atom. The highest BCUT2D eigenvalue weighted by atomic mass is 32.1. The Hall–Kier alpha value is -3.12. The van der Waals surface area contributed by atoms with Crippen molar-refractivity contribution >= 4 is 23.2 Å². The fourth-order valence-electron chi connectivity index (χ4n) is 4.96. The fourth-order valence-corrected chi connectivity index (χ4v) is 5.88. The lowest BCUT2D eigenvalue weighted by Gasteiger charge is -2.37. The van der Waals surface area contributed by atoms with Gasteiger partial charge in [-0.15, -0.1) is 11.3 Å². The Balaban J connectivity index is 1.33. The van der Waals surface area contributed by atoms with Crippen molar-refractivity contribution in [1.29, 1.82) is 0 Å². The number of hydrogen-bond donors (Lipinski definition) is 0. The summed E-state index contributed by atoms with van der Waals surface area (Å²) in [4.78, 5) is 32.2. The number of ether oxygens (including phenoxy) is 1. The number of aryl methyl sites for hydroxylation is 1. The van der Waals surface area contributed by atoms with Gasteiger partial charge in [-0.05, 0) is 78.4 Å². The Morgan fingerprint density at radius 2 is 1.83 bits per heavy atom. The maximum atomic E-state index is 13.7. The molecule has 0 unspecified atom stereocenters. The van der Waals surface area contributed by atoms with E-state index < -0.39 is 0 Å². The number of fused-ring (bicyclic) bond motifs is 1. The highest BCUT2D eigenvalue weighted by Crippen LogP contribution is 2.35. The predicted octanol–water partition coefficient (Wildman–Crippen LogP) is 5.99. The van der Waals surface area contributed by atoms with Crippen LogP contribution in [0.15, 0.2) is 60.0 Å². The second-order valence-electron chi connectivity index (χ2n) is 10.2. The number of amides is 2. The molecule has 1 fully saturated rings. The molecule has 0 bridgehead atoms. The molecule has 2 aliphatic rings. The second kappa shape index (κ2) is 10.5. The molecule has 6 heteroatoms. The van der Waals surface area contributed by atoms with Crippen molar-refractivity contribution in [2.75, 3.05) is 19.7 Å². The average Bonchev–Trinajstić information content (AvgIpc) is 3.61. The Bertz CT molecular complexity index is 1230. The van der Waals surface area contributed by atoms with Gasteiger partial charge in [0.2, 0.25) is 5.91 Å². The number of thiophene rings is 1. The largest absolute Gasteiger partial charge is 0.491 e. The Kier molecular flexibility index (Phi) is 7.15. The summed E-state index contributed by atoms with van der Waals surface area (Å²) in [6, 6.07) is 18.0. The molecule has 1 aliphatic carbocycles. The Labute approximate surface area is 217 Å². The molecule has 5 nitrogen and oxygen atoms in total. The van der Waals surface area contributed by atoms with Crippen molar-refractivity contribution in [2.45, 2.75) is 58.0 Å². The summed E-state index contributed by atoms with van der Waals surface area (Å²) < 4.78 is 6.21. The molecule has 0 spiro atoms. The van der Waals surface area contributed by atoms with E-state index in [0.29, 0.717) is 24.6 Å². The van der Waals surface area contributed by atoms with Crippen LogP contribution in [0.4, 0.5) is 0 Å². The van der Waals surface area contributed by atoms with Gasteiger partial charge in [-0.1, -0.05) is 44.2 Å². The summed E-state index contributed by atoms with van der Waals surface area (Å²) >= 11 is 1.74. The maximum absolute atomic E-state index is 13.7. The summed E-state index contributed by atoms with van der Waals surface area (Å²) in [5.74, 6) is 1.22. The van der Waals surface area contributed by atoms with Crippen molar-refractivity contribution in [1.82, 2.24) is 9.80 Å². The normalized spacial score (nSPS) is 17.1. The molecule has 1 aliphatic heterocycles. The molecule has 1 aromatic heterocycles. The van der Waals surface area contributed by atoms with Gasteiger partial charge in [0.1, 0.15) is 18.9 Å². The van der Waals surface area contributed by atoms with Crippen LogP contribution in [0.1, 0.15) is 70.6 Å². The van der Waals surface area contributed by atoms with E-state index in [0.717, 1.165) is 30.6 Å². The first-order chi connectivity index (χ1) is 17.4. The van der Waals surface area contributed by atoms with Crippen molar-refractivity contribution in [3.63, 3.8) is 0 Å². The molecule has 0 saturated heterocycles. The third kappa shape index (κ3) is 5.19. The lowest BCUT2D eigenvalue weighted by atomic mass is 10.00. The van der Waals surface area contributed by atoms with Gasteiger partial charge in [-0.3, -0.25) is 9.59 Å². The maximum Gasteiger partial charge on any atom is 0.254 e. The number of carbonyl (C=O) groups is 2. The summed E-state index contributed by atoms with van der Waals surface area (Å²) in [5.41, 5.74) is 4.06. The van der Waals surface area contributed by atoms with Gasteiger partial charge in [0, 0.05) is 23.0 Å². The van der Waals surface area contributed by atoms with Crippen LogP contribution in [-0.4, -0.2) is 47.4 Å². The van der Waals surface area contributed by atoms with E-state index in [9.17, 15) is 9.59 Å². The molecule has 188 valence electrons. The van der Waals surface area contributed by atoms with Gasteiger partial charge in [0.15, 0.2) is 0 Å². The van der Waals surface area contributed by atoms with E-state index in [1.807, 2.05) is 48.2 Å². The van der Waals surface area contributed by atoms with Crippen molar-refractivity contribution in [2.24, 2.45) is 0 Å². The standard InChI is InChI=1S/C30H34N2O3S/c1-20(2)22-8-12-24(13-9-22)35-19-27-26-15-17-36-28(26)14-16-31(27)29(33)18-32(23-10-11-23)30(34)25-7-5-4-6-21(25)3/h4-9,12-13,15,17,20,23,27H,10-11,14,16,18-19H2,1-3H3/t27-/m1/s1. The fraction of sp³-hybridized carbons (Fsp3) is 0.400. The lowest BCUT2D eigenvalue weighted by molar-refractivity contribution is -0.135. The molecule has 2 amide bonds. The topological polar surface area (TPSA) is 49.9 Å². The molecule has 0 N–H and O–H groups in total. The zero-order chi connectivity index (χ0) is 25.2. The molecule has 2 heterocycles. The Morgan fingerprint density at radius 1 is 1.08 bits per heavy atom. The van der Waals surface area contributed by atoms with Crippen LogP contribution in [0.2, 0.25) is 0 Å². The summed E-state index contributed by atoms with van der Waals surface area (Å²) in [7, 11) is 0. The number of carbonyl (C=O) groups excluding carboxylic acids is 2. The highest BCUT2D eigenvalue weighted by Gasteiger charge is 2.38. The van der Waals surface area contributed by atoms with E-state index in [2.05, 4.69) is 37.4 Å². The first-order valence-corrected chi connectivity index (χ1v) is 13.8. The molecular weight excluding hydrogens is 468 g/mol. The van der Waals surface area contributed by atoms with Crippen LogP contribution < -0.4 is 4.74 Å². The number of rotatable bonds is 8. The predicted molar refractivity (Wildman–Crippen MR) is 144 cm³/mol. The first kappa shape index (κ1) is 24.6. The molecule has 0 radical (unpaired) electrons. The van der Waals surface area contributed by atoms with Gasteiger partial charge < -0.3 is 14.5 Å². The van der Waals surface area contributed by atoms with Gasteiger partial charge >= 0.3 is 0 Å². The van der Waals surface area contributed by atoms with Crippen molar-refractivity contribution < 1.29 is 14.3 Å². The minimum Gasteiger partial charge on any atom is -0.491 e. The summed E-state index contributed by atoms with van der Waals surface area (Å²) in [5, 5.41) is 2.10. The molecule has 1 atom stereocenters. The number of benzene rings is 2. The van der Waals surface area contributed by atoms with Crippen LogP contribution in [0.5, 0.6) is 5.75 Å². The van der Waals surface area contributed by atoms with Crippen LogP contribution in [0, 0.1) is 6.92 Å². The summed E-state index contributed by atoms with van der Waals surface area (Å²) in [6.07, 6.45) is 2.75. The zero-order valence-corrected chi connectivity index (χ0v) is 22.1. The quantitative estimate of drug-likeness (QED) is 0.380. The third-order valence-corrected chi connectivity index (χ3v) is 8.30. The van der Waals surface area contributed by atoms with Crippen LogP contribution >= 0.6 is 11.3 Å². The van der Waals surface area contributed by atoms with E-state index in [1.54, 1.807) is 16.2 Å². The molecule has 1 saturated carbocycles. The minimum absolute atomic E-state index is 0.00978. The van der Waals surface area contributed by atoms with Crippen LogP contribution in [0.3, 0.4) is 0 Å². The smallest absolute Gasteiger partial charge is 0.254 e. The average molecular weight is 503 g/mol. The zero-order valence-electron chi connectivity index (χ0n) is 21.3. The molecule has 3 aromatic rings. The first-order valence-electron chi connectivity index (χ1n) is 12.9. The summed E-state index contributed by atoms with van der Waals surface area (Å²) in [6.45, 7) is 7.44. The van der Waals surface area contributed by atoms with Gasteiger partial charge in [-0.2, -0.15) is 0 Å². The minimum atomic E-state index is -0.160. The molecule has 36 heavy (non-hydrogen) atoms. The van der Waals surface area contributed by atoms with Gasteiger partial charge in [0.25, 0.3) is 5.91 Å². The van der Waals surface area contributed by atoms with Crippen molar-refractivity contribution in [3.8, 4) is 5.75 Å². The molecule has 2 aromatic carbocycles. The monoisotopic (exact) mass is 502 g/mol. The van der Waals surface area contributed by atoms with Crippen LogP contribution in [-0.2, 0) is 11.2 Å².